The second-order valence-corrected chi connectivity index (χ2v) is 7.60. The number of carbonyl (C=O) groups is 1. The minimum Gasteiger partial charge on any atom is -0.481 e. The van der Waals surface area contributed by atoms with Gasteiger partial charge in [-0.05, 0) is 29.6 Å². The lowest BCUT2D eigenvalue weighted by Gasteiger charge is -2.40. The smallest absolute Gasteiger partial charge is 0.306 e. The molecular formula is C16H32O2. The van der Waals surface area contributed by atoms with Gasteiger partial charge in [-0.2, -0.15) is 0 Å². The lowest BCUT2D eigenvalue weighted by Crippen LogP contribution is -2.35. The van der Waals surface area contributed by atoms with Crippen LogP contribution in [0.5, 0.6) is 0 Å². The first-order valence-electron chi connectivity index (χ1n) is 7.24. The molecule has 0 aromatic rings. The Bertz CT molecular complexity index is 261. The van der Waals surface area contributed by atoms with Gasteiger partial charge < -0.3 is 5.11 Å². The van der Waals surface area contributed by atoms with Gasteiger partial charge in [0.2, 0.25) is 0 Å². The van der Waals surface area contributed by atoms with Gasteiger partial charge in [0.05, 0.1) is 5.92 Å². The molecule has 2 unspecified atom stereocenters. The first-order valence-corrected chi connectivity index (χ1v) is 7.24. The molecule has 0 aromatic heterocycles. The summed E-state index contributed by atoms with van der Waals surface area (Å²) < 4.78 is 0. The Labute approximate surface area is 113 Å². The van der Waals surface area contributed by atoms with Gasteiger partial charge in [-0.1, -0.05) is 61.3 Å². The number of rotatable bonds is 7. The van der Waals surface area contributed by atoms with E-state index in [2.05, 4.69) is 48.5 Å². The van der Waals surface area contributed by atoms with E-state index in [1.54, 1.807) is 0 Å². The number of carboxylic acid groups (broad SMARTS) is 1. The summed E-state index contributed by atoms with van der Waals surface area (Å²) in [4.78, 5) is 11.5. The van der Waals surface area contributed by atoms with Crippen LogP contribution in [0.3, 0.4) is 0 Å². The van der Waals surface area contributed by atoms with Crippen LogP contribution in [0.15, 0.2) is 0 Å². The monoisotopic (exact) mass is 256 g/mol. The van der Waals surface area contributed by atoms with Crippen molar-refractivity contribution < 1.29 is 9.90 Å². The average Bonchev–Trinajstić information content (AvgIpc) is 2.13. The highest BCUT2D eigenvalue weighted by Crippen LogP contribution is 2.43. The first kappa shape index (κ1) is 17.5. The zero-order valence-electron chi connectivity index (χ0n) is 13.3. The van der Waals surface area contributed by atoms with Crippen molar-refractivity contribution in [2.24, 2.45) is 22.7 Å². The fourth-order valence-electron chi connectivity index (χ4n) is 3.08. The number of aliphatic carboxylic acids is 1. The quantitative estimate of drug-likeness (QED) is 0.697. The van der Waals surface area contributed by atoms with Crippen molar-refractivity contribution in [1.29, 1.82) is 0 Å². The number of carboxylic acids is 1. The molecule has 0 bridgehead atoms. The van der Waals surface area contributed by atoms with Crippen LogP contribution < -0.4 is 0 Å². The van der Waals surface area contributed by atoms with E-state index in [0.29, 0.717) is 0 Å². The summed E-state index contributed by atoms with van der Waals surface area (Å²) in [7, 11) is 0. The molecule has 108 valence electrons. The first-order chi connectivity index (χ1) is 8.01. The van der Waals surface area contributed by atoms with E-state index in [4.69, 9.17) is 0 Å². The van der Waals surface area contributed by atoms with Crippen molar-refractivity contribution in [1.82, 2.24) is 0 Å². The predicted octanol–water partition coefficient (Wildman–Crippen LogP) is 4.98. The SMILES string of the molecule is CCCCC(C(=O)O)C(C)C(C)(C)CC(C)(C)C. The molecule has 0 aliphatic rings. The average molecular weight is 256 g/mol. The highest BCUT2D eigenvalue weighted by molar-refractivity contribution is 5.70. The van der Waals surface area contributed by atoms with E-state index in [-0.39, 0.29) is 22.7 Å². The van der Waals surface area contributed by atoms with E-state index >= 15 is 0 Å². The van der Waals surface area contributed by atoms with Gasteiger partial charge in [0.15, 0.2) is 0 Å². The highest BCUT2D eigenvalue weighted by atomic mass is 16.4. The molecule has 0 fully saturated rings. The van der Waals surface area contributed by atoms with Crippen molar-refractivity contribution >= 4 is 5.97 Å². The molecule has 0 rings (SSSR count). The fraction of sp³-hybridized carbons (Fsp3) is 0.938. The minimum absolute atomic E-state index is 0.0645. The predicted molar refractivity (Wildman–Crippen MR) is 77.7 cm³/mol. The van der Waals surface area contributed by atoms with E-state index in [1.807, 2.05) is 0 Å². The molecule has 0 heterocycles. The molecule has 2 nitrogen and oxygen atoms in total. The summed E-state index contributed by atoms with van der Waals surface area (Å²) in [6.07, 6.45) is 3.93. The molecule has 0 aliphatic carbocycles. The third-order valence-corrected chi connectivity index (χ3v) is 4.01. The van der Waals surface area contributed by atoms with Gasteiger partial charge in [-0.25, -0.2) is 0 Å². The number of hydrogen-bond donors (Lipinski definition) is 1. The topological polar surface area (TPSA) is 37.3 Å². The third kappa shape index (κ3) is 5.88. The maximum absolute atomic E-state index is 11.5. The van der Waals surface area contributed by atoms with Crippen LogP contribution in [0.4, 0.5) is 0 Å². The molecular weight excluding hydrogens is 224 g/mol. The van der Waals surface area contributed by atoms with E-state index in [9.17, 15) is 9.90 Å². The molecule has 2 heteroatoms. The summed E-state index contributed by atoms with van der Waals surface area (Å²) in [5, 5.41) is 9.43. The summed E-state index contributed by atoms with van der Waals surface area (Å²) in [6.45, 7) is 15.3. The molecule has 18 heavy (non-hydrogen) atoms. The summed E-state index contributed by atoms with van der Waals surface area (Å²) in [5.74, 6) is -0.624. The lowest BCUT2D eigenvalue weighted by atomic mass is 9.65. The maximum Gasteiger partial charge on any atom is 0.306 e. The van der Waals surface area contributed by atoms with Crippen LogP contribution in [-0.2, 0) is 4.79 Å². The van der Waals surface area contributed by atoms with Crippen LogP contribution in [0.2, 0.25) is 0 Å². The van der Waals surface area contributed by atoms with Gasteiger partial charge in [0.1, 0.15) is 0 Å². The molecule has 0 aromatic carbocycles. The van der Waals surface area contributed by atoms with Gasteiger partial charge in [-0.3, -0.25) is 4.79 Å². The molecule has 0 spiro atoms. The van der Waals surface area contributed by atoms with Gasteiger partial charge >= 0.3 is 5.97 Å². The van der Waals surface area contributed by atoms with E-state index < -0.39 is 5.97 Å². The molecule has 2 atom stereocenters. The van der Waals surface area contributed by atoms with Crippen LogP contribution in [-0.4, -0.2) is 11.1 Å². The molecule has 0 radical (unpaired) electrons. The van der Waals surface area contributed by atoms with Crippen molar-refractivity contribution in [3.63, 3.8) is 0 Å². The Morgan fingerprint density at radius 3 is 2.00 bits per heavy atom. The summed E-state index contributed by atoms with van der Waals surface area (Å²) >= 11 is 0. The number of unbranched alkanes of at least 4 members (excludes halogenated alkanes) is 1. The molecule has 0 aliphatic heterocycles. The summed E-state index contributed by atoms with van der Waals surface area (Å²) in [6, 6.07) is 0. The molecule has 0 saturated heterocycles. The van der Waals surface area contributed by atoms with Crippen molar-refractivity contribution in [2.45, 2.75) is 74.1 Å². The Balaban J connectivity index is 4.83. The Kier molecular flexibility index (Phi) is 6.39. The van der Waals surface area contributed by atoms with E-state index in [1.165, 1.54) is 0 Å². The zero-order chi connectivity index (χ0) is 14.6. The van der Waals surface area contributed by atoms with E-state index in [0.717, 1.165) is 25.7 Å². The van der Waals surface area contributed by atoms with Gasteiger partial charge in [0.25, 0.3) is 0 Å². The zero-order valence-corrected chi connectivity index (χ0v) is 13.3. The Morgan fingerprint density at radius 1 is 1.17 bits per heavy atom. The van der Waals surface area contributed by atoms with Crippen LogP contribution in [0, 0.1) is 22.7 Å². The molecule has 0 amide bonds. The maximum atomic E-state index is 11.5. The van der Waals surface area contributed by atoms with Crippen LogP contribution >= 0.6 is 0 Å². The van der Waals surface area contributed by atoms with Gasteiger partial charge in [0, 0.05) is 0 Å². The lowest BCUT2D eigenvalue weighted by molar-refractivity contribution is -0.146. The Morgan fingerprint density at radius 2 is 1.67 bits per heavy atom. The number of hydrogen-bond acceptors (Lipinski definition) is 1. The Hall–Kier alpha value is -0.530. The fourth-order valence-corrected chi connectivity index (χ4v) is 3.08. The molecule has 0 saturated carbocycles. The largest absolute Gasteiger partial charge is 0.481 e. The van der Waals surface area contributed by atoms with Crippen molar-refractivity contribution in [2.75, 3.05) is 0 Å². The minimum atomic E-state index is -0.627. The second-order valence-electron chi connectivity index (χ2n) is 7.60. The van der Waals surface area contributed by atoms with Crippen molar-refractivity contribution in [3.8, 4) is 0 Å². The summed E-state index contributed by atoms with van der Waals surface area (Å²) in [5.41, 5.74) is 0.306. The highest BCUT2D eigenvalue weighted by Gasteiger charge is 2.37. The normalized spacial score (nSPS) is 16.4. The van der Waals surface area contributed by atoms with Crippen molar-refractivity contribution in [3.05, 3.63) is 0 Å². The third-order valence-electron chi connectivity index (χ3n) is 4.01. The van der Waals surface area contributed by atoms with Crippen LogP contribution in [0.25, 0.3) is 0 Å². The standard InChI is InChI=1S/C16H32O2/c1-8-9-10-13(14(17)18)12(2)16(6,7)11-15(3,4)5/h12-13H,8-11H2,1-7H3,(H,17,18). The van der Waals surface area contributed by atoms with Gasteiger partial charge in [-0.15, -0.1) is 0 Å². The second kappa shape index (κ2) is 6.58. The molecule has 1 N–H and O–H groups in total. The van der Waals surface area contributed by atoms with Crippen LogP contribution in [0.1, 0.15) is 74.1 Å².